The fraction of sp³-hybridized carbons (Fsp3) is 0.500. The maximum atomic E-state index is 12.4. The van der Waals surface area contributed by atoms with Gasteiger partial charge in [0.25, 0.3) is 0 Å². The van der Waals surface area contributed by atoms with Gasteiger partial charge in [-0.1, -0.05) is 17.7 Å². The van der Waals surface area contributed by atoms with E-state index >= 15 is 0 Å². The molecule has 0 saturated carbocycles. The summed E-state index contributed by atoms with van der Waals surface area (Å²) in [6.07, 6.45) is 1.32. The van der Waals surface area contributed by atoms with Crippen LogP contribution in [0.3, 0.4) is 0 Å². The molecule has 1 aliphatic heterocycles. The van der Waals surface area contributed by atoms with Crippen LogP contribution in [0.4, 0.5) is 4.79 Å². The fourth-order valence-electron chi connectivity index (χ4n) is 2.82. The standard InChI is InChI=1S/C18H22ClN3O2S2/c1-18(2,3)24-17(23)22-8-6-12-4-5-14(19)16(13(12)7-9-22)25-10-15-21-20-11-26-15/h4-5,11H,6-10H2,1-3H3. The minimum atomic E-state index is -0.484. The van der Waals surface area contributed by atoms with Crippen molar-refractivity contribution in [2.45, 2.75) is 49.9 Å². The van der Waals surface area contributed by atoms with Crippen LogP contribution in [0, 0.1) is 0 Å². The summed E-state index contributed by atoms with van der Waals surface area (Å²) >= 11 is 9.72. The Bertz CT molecular complexity index is 775. The summed E-state index contributed by atoms with van der Waals surface area (Å²) in [6.45, 7) is 6.96. The van der Waals surface area contributed by atoms with Crippen molar-refractivity contribution in [1.82, 2.24) is 15.1 Å². The summed E-state index contributed by atoms with van der Waals surface area (Å²) in [5.41, 5.74) is 3.74. The fourth-order valence-corrected chi connectivity index (χ4v) is 4.86. The van der Waals surface area contributed by atoms with Crippen molar-refractivity contribution in [3.63, 3.8) is 0 Å². The Balaban J connectivity index is 1.75. The molecule has 0 unspecified atom stereocenters. The molecule has 140 valence electrons. The van der Waals surface area contributed by atoms with Gasteiger partial charge in [-0.25, -0.2) is 4.79 Å². The van der Waals surface area contributed by atoms with Crippen molar-refractivity contribution in [3.05, 3.63) is 38.8 Å². The Labute approximate surface area is 167 Å². The number of amides is 1. The van der Waals surface area contributed by atoms with E-state index in [0.717, 1.165) is 33.5 Å². The smallest absolute Gasteiger partial charge is 0.410 e. The van der Waals surface area contributed by atoms with E-state index in [1.165, 1.54) is 11.1 Å². The van der Waals surface area contributed by atoms with E-state index in [1.54, 1.807) is 33.5 Å². The molecule has 1 aromatic carbocycles. The highest BCUT2D eigenvalue weighted by atomic mass is 35.5. The van der Waals surface area contributed by atoms with Crippen molar-refractivity contribution in [2.75, 3.05) is 13.1 Å². The van der Waals surface area contributed by atoms with Gasteiger partial charge in [0.15, 0.2) is 0 Å². The summed E-state index contributed by atoms with van der Waals surface area (Å²) in [4.78, 5) is 15.3. The molecule has 2 aromatic rings. The van der Waals surface area contributed by atoms with Crippen LogP contribution in [0.2, 0.25) is 5.02 Å². The van der Waals surface area contributed by atoms with Gasteiger partial charge in [0.1, 0.15) is 16.1 Å². The Hall–Kier alpha value is -1.31. The topological polar surface area (TPSA) is 55.3 Å². The number of hydrogen-bond donors (Lipinski definition) is 0. The molecule has 1 amide bonds. The Morgan fingerprint density at radius 2 is 2.12 bits per heavy atom. The SMILES string of the molecule is CC(C)(C)OC(=O)N1CCc2ccc(Cl)c(SCc3nncs3)c2CC1. The van der Waals surface area contributed by atoms with Crippen molar-refractivity contribution in [2.24, 2.45) is 0 Å². The molecule has 0 bridgehead atoms. The minimum absolute atomic E-state index is 0.250. The first-order valence-corrected chi connectivity index (χ1v) is 10.7. The van der Waals surface area contributed by atoms with Crippen LogP contribution < -0.4 is 0 Å². The van der Waals surface area contributed by atoms with Crippen LogP contribution in [0.1, 0.15) is 36.9 Å². The second kappa shape index (κ2) is 8.15. The molecule has 0 spiro atoms. The van der Waals surface area contributed by atoms with Gasteiger partial charge < -0.3 is 9.64 Å². The summed E-state index contributed by atoms with van der Waals surface area (Å²) < 4.78 is 5.52. The van der Waals surface area contributed by atoms with Crippen LogP contribution >= 0.6 is 34.7 Å². The zero-order valence-electron chi connectivity index (χ0n) is 15.1. The van der Waals surface area contributed by atoms with E-state index in [4.69, 9.17) is 16.3 Å². The van der Waals surface area contributed by atoms with Gasteiger partial charge >= 0.3 is 6.09 Å². The van der Waals surface area contributed by atoms with Gasteiger partial charge in [-0.05, 0) is 50.8 Å². The van der Waals surface area contributed by atoms with Gasteiger partial charge in [0.2, 0.25) is 0 Å². The minimum Gasteiger partial charge on any atom is -0.444 e. The molecule has 0 atom stereocenters. The summed E-state index contributed by atoms with van der Waals surface area (Å²) in [7, 11) is 0. The highest BCUT2D eigenvalue weighted by molar-refractivity contribution is 7.98. The lowest BCUT2D eigenvalue weighted by Crippen LogP contribution is -2.38. The first kappa shape index (κ1) is 19.5. The lowest BCUT2D eigenvalue weighted by atomic mass is 10.0. The predicted octanol–water partition coefficient (Wildman–Crippen LogP) is 4.82. The normalized spacial score (nSPS) is 14.7. The molecule has 1 aliphatic rings. The molecule has 3 rings (SSSR count). The number of halogens is 1. The quantitative estimate of drug-likeness (QED) is 0.677. The van der Waals surface area contributed by atoms with Gasteiger partial charge in [0, 0.05) is 18.0 Å². The first-order chi connectivity index (χ1) is 12.3. The van der Waals surface area contributed by atoms with Crippen LogP contribution in [0.25, 0.3) is 0 Å². The van der Waals surface area contributed by atoms with Crippen LogP contribution in [0.5, 0.6) is 0 Å². The molecule has 0 saturated heterocycles. The summed E-state index contributed by atoms with van der Waals surface area (Å²) in [5, 5.41) is 9.71. The molecular formula is C18H22ClN3O2S2. The number of ether oxygens (including phenoxy) is 1. The molecule has 26 heavy (non-hydrogen) atoms. The number of nitrogens with zero attached hydrogens (tertiary/aromatic N) is 3. The number of hydrogen-bond acceptors (Lipinski definition) is 6. The number of aromatic nitrogens is 2. The lowest BCUT2D eigenvalue weighted by molar-refractivity contribution is 0.0258. The molecule has 5 nitrogen and oxygen atoms in total. The van der Waals surface area contributed by atoms with Crippen molar-refractivity contribution < 1.29 is 9.53 Å². The van der Waals surface area contributed by atoms with Crippen molar-refractivity contribution >= 4 is 40.8 Å². The number of benzene rings is 1. The largest absolute Gasteiger partial charge is 0.444 e. The number of carbonyl (C=O) groups is 1. The Morgan fingerprint density at radius 3 is 2.81 bits per heavy atom. The van der Waals surface area contributed by atoms with Crippen LogP contribution in [0.15, 0.2) is 22.5 Å². The third kappa shape index (κ3) is 4.90. The van der Waals surface area contributed by atoms with E-state index < -0.39 is 5.60 Å². The molecular weight excluding hydrogens is 390 g/mol. The van der Waals surface area contributed by atoms with E-state index in [2.05, 4.69) is 16.3 Å². The Kier molecular flexibility index (Phi) is 6.10. The van der Waals surface area contributed by atoms with Gasteiger partial charge in [-0.3, -0.25) is 0 Å². The average Bonchev–Trinajstić information content (AvgIpc) is 2.97. The van der Waals surface area contributed by atoms with Crippen LogP contribution in [-0.2, 0) is 23.3 Å². The zero-order valence-corrected chi connectivity index (χ0v) is 17.5. The second-order valence-corrected chi connectivity index (χ2v) is 9.41. The van der Waals surface area contributed by atoms with E-state index in [-0.39, 0.29) is 6.09 Å². The number of rotatable bonds is 3. The lowest BCUT2D eigenvalue weighted by Gasteiger charge is -2.26. The number of thioether (sulfide) groups is 1. The monoisotopic (exact) mass is 411 g/mol. The highest BCUT2D eigenvalue weighted by Gasteiger charge is 2.25. The van der Waals surface area contributed by atoms with E-state index in [9.17, 15) is 4.79 Å². The summed E-state index contributed by atoms with van der Waals surface area (Å²) in [6, 6.07) is 4.03. The first-order valence-electron chi connectivity index (χ1n) is 8.49. The van der Waals surface area contributed by atoms with Gasteiger partial charge in [0.05, 0.1) is 10.8 Å². The van der Waals surface area contributed by atoms with Crippen molar-refractivity contribution in [3.8, 4) is 0 Å². The average molecular weight is 412 g/mol. The molecule has 0 radical (unpaired) electrons. The van der Waals surface area contributed by atoms with E-state index in [1.807, 2.05) is 26.8 Å². The number of carbonyl (C=O) groups excluding carboxylic acids is 1. The van der Waals surface area contributed by atoms with Gasteiger partial charge in [-0.2, -0.15) is 0 Å². The van der Waals surface area contributed by atoms with E-state index in [0.29, 0.717) is 13.1 Å². The molecule has 1 aromatic heterocycles. The van der Waals surface area contributed by atoms with Gasteiger partial charge in [-0.15, -0.1) is 33.3 Å². The Morgan fingerprint density at radius 1 is 1.35 bits per heavy atom. The zero-order chi connectivity index (χ0) is 18.7. The third-order valence-electron chi connectivity index (χ3n) is 3.99. The maximum Gasteiger partial charge on any atom is 0.410 e. The molecule has 0 N–H and O–H groups in total. The highest BCUT2D eigenvalue weighted by Crippen LogP contribution is 2.36. The molecule has 0 fully saturated rings. The maximum absolute atomic E-state index is 12.4. The van der Waals surface area contributed by atoms with Crippen LogP contribution in [-0.4, -0.2) is 39.9 Å². The summed E-state index contributed by atoms with van der Waals surface area (Å²) in [5.74, 6) is 0.747. The predicted molar refractivity (Wildman–Crippen MR) is 106 cm³/mol. The molecule has 2 heterocycles. The molecule has 0 aliphatic carbocycles. The second-order valence-electron chi connectivity index (χ2n) is 7.10. The molecule has 8 heteroatoms. The number of fused-ring (bicyclic) bond motifs is 1. The third-order valence-corrected chi connectivity index (χ3v) is 6.47. The van der Waals surface area contributed by atoms with Crippen molar-refractivity contribution in [1.29, 1.82) is 0 Å².